The Bertz CT molecular complexity index is 1020. The minimum atomic E-state index is -0.410. The van der Waals surface area contributed by atoms with Crippen molar-refractivity contribution in [2.75, 3.05) is 19.8 Å². The van der Waals surface area contributed by atoms with Crippen LogP contribution in [-0.4, -0.2) is 40.9 Å². The van der Waals surface area contributed by atoms with Crippen molar-refractivity contribution < 1.29 is 24.2 Å². The molecule has 0 atom stereocenters. The number of imide groups is 1. The van der Waals surface area contributed by atoms with Crippen LogP contribution in [0.25, 0.3) is 6.08 Å². The van der Waals surface area contributed by atoms with Crippen molar-refractivity contribution in [1.29, 1.82) is 0 Å². The van der Waals surface area contributed by atoms with Crippen LogP contribution in [0.5, 0.6) is 17.2 Å². The Labute approximate surface area is 188 Å². The van der Waals surface area contributed by atoms with Gasteiger partial charge >= 0.3 is 0 Å². The number of phenols is 1. The fraction of sp³-hybridized carbons (Fsp3) is 0.273. The van der Waals surface area contributed by atoms with Crippen LogP contribution in [-0.2, 0) is 4.79 Å². The first kappa shape index (κ1) is 22.2. The van der Waals surface area contributed by atoms with Crippen molar-refractivity contribution >= 4 is 44.9 Å². The zero-order valence-corrected chi connectivity index (χ0v) is 19.3. The van der Waals surface area contributed by atoms with E-state index in [1.807, 2.05) is 39.0 Å². The summed E-state index contributed by atoms with van der Waals surface area (Å²) in [6, 6.07) is 9.20. The second kappa shape index (κ2) is 9.57. The monoisotopic (exact) mass is 491 g/mol. The molecule has 6 nitrogen and oxygen atoms in total. The number of thioether (sulfide) groups is 1. The smallest absolute Gasteiger partial charge is 0.293 e. The van der Waals surface area contributed by atoms with Crippen molar-refractivity contribution in [2.45, 2.75) is 20.8 Å². The summed E-state index contributed by atoms with van der Waals surface area (Å²) in [5.74, 6) is 0.552. The minimum absolute atomic E-state index is 0.0786. The van der Waals surface area contributed by atoms with Gasteiger partial charge in [-0.05, 0) is 67.9 Å². The maximum absolute atomic E-state index is 12.7. The van der Waals surface area contributed by atoms with E-state index in [4.69, 9.17) is 9.47 Å². The number of carbonyl (C=O) groups excluding carboxylic acids is 2. The van der Waals surface area contributed by atoms with Gasteiger partial charge in [0.05, 0.1) is 18.1 Å². The fourth-order valence-electron chi connectivity index (χ4n) is 2.91. The maximum atomic E-state index is 12.7. The minimum Gasteiger partial charge on any atom is -0.504 e. The number of rotatable bonds is 7. The summed E-state index contributed by atoms with van der Waals surface area (Å²) < 4.78 is 11.9. The van der Waals surface area contributed by atoms with Crippen LogP contribution < -0.4 is 9.47 Å². The average molecular weight is 492 g/mol. The van der Waals surface area contributed by atoms with Gasteiger partial charge in [-0.3, -0.25) is 14.5 Å². The molecule has 1 saturated heterocycles. The first-order valence-corrected chi connectivity index (χ1v) is 11.0. The lowest BCUT2D eigenvalue weighted by Crippen LogP contribution is -2.32. The third kappa shape index (κ3) is 4.99. The number of aryl methyl sites for hydroxylation is 2. The predicted molar refractivity (Wildman–Crippen MR) is 121 cm³/mol. The topological polar surface area (TPSA) is 76.1 Å². The Morgan fingerprint density at radius 1 is 1.13 bits per heavy atom. The second-order valence-electron chi connectivity index (χ2n) is 6.73. The van der Waals surface area contributed by atoms with Gasteiger partial charge in [0.2, 0.25) is 0 Å². The standard InChI is InChI=1S/C22H22BrNO5S/c1-4-28-18-12-16(23)10-15(20(18)25)11-19-21(26)24(22(27)30-19)7-8-29-17-9-13(2)5-6-14(17)3/h5-6,9-12,25H,4,7-8H2,1-3H3/b19-11-. The summed E-state index contributed by atoms with van der Waals surface area (Å²) in [5.41, 5.74) is 2.46. The maximum Gasteiger partial charge on any atom is 0.293 e. The molecule has 1 fully saturated rings. The summed E-state index contributed by atoms with van der Waals surface area (Å²) in [5, 5.41) is 10.0. The van der Waals surface area contributed by atoms with Crippen LogP contribution in [0.15, 0.2) is 39.7 Å². The van der Waals surface area contributed by atoms with E-state index in [0.717, 1.165) is 33.5 Å². The third-order valence-corrected chi connectivity index (χ3v) is 5.81. The van der Waals surface area contributed by atoms with Crippen molar-refractivity contribution in [2.24, 2.45) is 0 Å². The molecule has 0 aromatic heterocycles. The van der Waals surface area contributed by atoms with Gasteiger partial charge in [-0.2, -0.15) is 0 Å². The first-order valence-electron chi connectivity index (χ1n) is 9.41. The van der Waals surface area contributed by atoms with E-state index < -0.39 is 5.91 Å². The van der Waals surface area contributed by atoms with Crippen LogP contribution in [0.4, 0.5) is 4.79 Å². The molecule has 0 radical (unpaired) electrons. The molecule has 158 valence electrons. The number of hydrogen-bond acceptors (Lipinski definition) is 6. The molecule has 2 amide bonds. The second-order valence-corrected chi connectivity index (χ2v) is 8.63. The molecule has 1 heterocycles. The fourth-order valence-corrected chi connectivity index (χ4v) is 4.22. The summed E-state index contributed by atoms with van der Waals surface area (Å²) in [4.78, 5) is 26.5. The number of carbonyl (C=O) groups is 2. The van der Waals surface area contributed by atoms with Gasteiger partial charge in [-0.15, -0.1) is 0 Å². The number of halogens is 1. The van der Waals surface area contributed by atoms with Crippen LogP contribution in [0.3, 0.4) is 0 Å². The third-order valence-electron chi connectivity index (χ3n) is 4.45. The molecular weight excluding hydrogens is 470 g/mol. The van der Waals surface area contributed by atoms with E-state index in [0.29, 0.717) is 22.4 Å². The lowest BCUT2D eigenvalue weighted by molar-refractivity contribution is -0.123. The number of nitrogens with zero attached hydrogens (tertiary/aromatic N) is 1. The van der Waals surface area contributed by atoms with E-state index in [-0.39, 0.29) is 29.0 Å². The van der Waals surface area contributed by atoms with Crippen molar-refractivity contribution in [1.82, 2.24) is 4.90 Å². The Hall–Kier alpha value is -2.45. The zero-order chi connectivity index (χ0) is 21.8. The van der Waals surface area contributed by atoms with Gasteiger partial charge in [0.25, 0.3) is 11.1 Å². The first-order chi connectivity index (χ1) is 14.3. The number of benzene rings is 2. The molecule has 30 heavy (non-hydrogen) atoms. The van der Waals surface area contributed by atoms with E-state index in [1.54, 1.807) is 12.1 Å². The van der Waals surface area contributed by atoms with Gasteiger partial charge in [0, 0.05) is 10.0 Å². The van der Waals surface area contributed by atoms with E-state index in [9.17, 15) is 14.7 Å². The Balaban J connectivity index is 1.72. The quantitative estimate of drug-likeness (QED) is 0.530. The van der Waals surface area contributed by atoms with Crippen LogP contribution in [0.1, 0.15) is 23.6 Å². The van der Waals surface area contributed by atoms with Gasteiger partial charge in [-0.1, -0.05) is 28.1 Å². The Morgan fingerprint density at radius 2 is 1.90 bits per heavy atom. The van der Waals surface area contributed by atoms with Gasteiger partial charge in [-0.25, -0.2) is 0 Å². The van der Waals surface area contributed by atoms with Crippen LogP contribution in [0.2, 0.25) is 0 Å². The molecule has 8 heteroatoms. The summed E-state index contributed by atoms with van der Waals surface area (Å²) in [6.45, 7) is 6.46. The molecule has 1 aliphatic heterocycles. The summed E-state index contributed by atoms with van der Waals surface area (Å²) in [7, 11) is 0. The number of aromatic hydroxyl groups is 1. The van der Waals surface area contributed by atoms with Crippen molar-refractivity contribution in [3.05, 3.63) is 56.4 Å². The van der Waals surface area contributed by atoms with E-state index >= 15 is 0 Å². The highest BCUT2D eigenvalue weighted by atomic mass is 79.9. The highest BCUT2D eigenvalue weighted by Crippen LogP contribution is 2.38. The van der Waals surface area contributed by atoms with E-state index in [2.05, 4.69) is 15.9 Å². The van der Waals surface area contributed by atoms with Crippen molar-refractivity contribution in [3.8, 4) is 17.2 Å². The molecule has 2 aromatic rings. The molecule has 0 saturated carbocycles. The van der Waals surface area contributed by atoms with Crippen LogP contribution >= 0.6 is 27.7 Å². The van der Waals surface area contributed by atoms with Crippen molar-refractivity contribution in [3.63, 3.8) is 0 Å². The molecule has 0 bridgehead atoms. The molecular formula is C22H22BrNO5S. The Kier molecular flexibility index (Phi) is 7.10. The number of ether oxygens (including phenoxy) is 2. The number of phenolic OH excluding ortho intramolecular Hbond substituents is 1. The molecule has 0 aliphatic carbocycles. The zero-order valence-electron chi connectivity index (χ0n) is 16.9. The Morgan fingerprint density at radius 3 is 2.63 bits per heavy atom. The molecule has 3 rings (SSSR count). The normalized spacial score (nSPS) is 15.2. The van der Waals surface area contributed by atoms with Crippen LogP contribution in [0, 0.1) is 13.8 Å². The lowest BCUT2D eigenvalue weighted by Gasteiger charge is -2.14. The lowest BCUT2D eigenvalue weighted by atomic mass is 10.1. The van der Waals surface area contributed by atoms with E-state index in [1.165, 1.54) is 6.08 Å². The molecule has 0 spiro atoms. The summed E-state index contributed by atoms with van der Waals surface area (Å²) >= 11 is 4.20. The number of hydrogen-bond donors (Lipinski definition) is 1. The largest absolute Gasteiger partial charge is 0.504 e. The average Bonchev–Trinajstić information content (AvgIpc) is 2.95. The van der Waals surface area contributed by atoms with Gasteiger partial charge < -0.3 is 14.6 Å². The highest BCUT2D eigenvalue weighted by Gasteiger charge is 2.35. The van der Waals surface area contributed by atoms with Gasteiger partial charge in [0.1, 0.15) is 12.4 Å². The summed E-state index contributed by atoms with van der Waals surface area (Å²) in [6.07, 6.45) is 1.50. The molecule has 2 aromatic carbocycles. The highest BCUT2D eigenvalue weighted by molar-refractivity contribution is 9.10. The molecule has 0 unspecified atom stereocenters. The molecule has 1 N–H and O–H groups in total. The van der Waals surface area contributed by atoms with Gasteiger partial charge in [0.15, 0.2) is 11.5 Å². The SMILES string of the molecule is CCOc1cc(Br)cc(/C=C2\SC(=O)N(CCOc3cc(C)ccc3C)C2=O)c1O. The predicted octanol–water partition coefficient (Wildman–Crippen LogP) is 5.29. The number of amides is 2. The molecule has 1 aliphatic rings.